The van der Waals surface area contributed by atoms with Crippen LogP contribution in [-0.2, 0) is 14.3 Å². The Morgan fingerprint density at radius 2 is 1.86 bits per heavy atom. The number of methoxy groups -OCH3 is 2. The highest BCUT2D eigenvalue weighted by atomic mass is 16.5. The van der Waals surface area contributed by atoms with Gasteiger partial charge in [-0.05, 0) is 32.1 Å². The van der Waals surface area contributed by atoms with E-state index in [1.807, 2.05) is 0 Å². The van der Waals surface area contributed by atoms with Gasteiger partial charge in [0.05, 0.1) is 19.3 Å². The molecule has 2 unspecified atom stereocenters. The summed E-state index contributed by atoms with van der Waals surface area (Å²) in [5, 5.41) is 10.1. The lowest BCUT2D eigenvalue weighted by Gasteiger charge is -2.20. The monoisotopic (exact) mass is 314 g/mol. The van der Waals surface area contributed by atoms with E-state index in [-0.39, 0.29) is 18.2 Å². The number of rotatable bonds is 14. The SMILES string of the molecule is CCCCCC(O)C(C/C=C\CCCCCC(=O)OC)OC. The van der Waals surface area contributed by atoms with E-state index in [0.717, 1.165) is 51.4 Å². The van der Waals surface area contributed by atoms with Gasteiger partial charge in [-0.15, -0.1) is 0 Å². The zero-order valence-electron chi connectivity index (χ0n) is 14.6. The van der Waals surface area contributed by atoms with E-state index in [1.54, 1.807) is 7.11 Å². The van der Waals surface area contributed by atoms with Gasteiger partial charge in [-0.25, -0.2) is 0 Å². The number of aliphatic hydroxyl groups is 1. The number of unbranched alkanes of at least 4 members (excludes halogenated alkanes) is 5. The maximum Gasteiger partial charge on any atom is 0.305 e. The van der Waals surface area contributed by atoms with Crippen LogP contribution in [-0.4, -0.2) is 37.5 Å². The van der Waals surface area contributed by atoms with Crippen molar-refractivity contribution in [1.29, 1.82) is 0 Å². The molecule has 2 atom stereocenters. The van der Waals surface area contributed by atoms with E-state index in [9.17, 15) is 9.90 Å². The summed E-state index contributed by atoms with van der Waals surface area (Å²) in [7, 11) is 3.09. The molecule has 130 valence electrons. The first-order chi connectivity index (χ1) is 10.7. The fourth-order valence-corrected chi connectivity index (χ4v) is 2.36. The van der Waals surface area contributed by atoms with E-state index >= 15 is 0 Å². The molecule has 0 aliphatic heterocycles. The van der Waals surface area contributed by atoms with Gasteiger partial charge in [-0.2, -0.15) is 0 Å². The number of hydrogen-bond donors (Lipinski definition) is 1. The molecule has 0 amide bonds. The van der Waals surface area contributed by atoms with Crippen LogP contribution in [0.4, 0.5) is 0 Å². The molecule has 0 fully saturated rings. The lowest BCUT2D eigenvalue weighted by atomic mass is 10.0. The van der Waals surface area contributed by atoms with Gasteiger partial charge in [-0.1, -0.05) is 44.8 Å². The fraction of sp³-hybridized carbons (Fsp3) is 0.833. The van der Waals surface area contributed by atoms with Crippen LogP contribution in [0.2, 0.25) is 0 Å². The molecule has 0 aromatic heterocycles. The molecule has 0 heterocycles. The Balaban J connectivity index is 3.68. The molecule has 0 saturated carbocycles. The van der Waals surface area contributed by atoms with E-state index in [1.165, 1.54) is 13.5 Å². The van der Waals surface area contributed by atoms with Gasteiger partial charge in [0.25, 0.3) is 0 Å². The first-order valence-electron chi connectivity index (χ1n) is 8.58. The Morgan fingerprint density at radius 1 is 1.09 bits per heavy atom. The number of carbonyl (C=O) groups is 1. The summed E-state index contributed by atoms with van der Waals surface area (Å²) in [6.45, 7) is 2.16. The van der Waals surface area contributed by atoms with Gasteiger partial charge in [-0.3, -0.25) is 4.79 Å². The van der Waals surface area contributed by atoms with Gasteiger partial charge in [0.1, 0.15) is 0 Å². The highest BCUT2D eigenvalue weighted by molar-refractivity contribution is 5.68. The predicted molar refractivity (Wildman–Crippen MR) is 89.8 cm³/mol. The summed E-state index contributed by atoms with van der Waals surface area (Å²) >= 11 is 0. The Bertz CT molecular complexity index is 289. The van der Waals surface area contributed by atoms with Gasteiger partial charge >= 0.3 is 5.97 Å². The average molecular weight is 314 g/mol. The lowest BCUT2D eigenvalue weighted by molar-refractivity contribution is -0.140. The number of aliphatic hydroxyl groups excluding tert-OH is 1. The molecule has 0 aliphatic carbocycles. The Hall–Kier alpha value is -0.870. The summed E-state index contributed by atoms with van der Waals surface area (Å²) in [6.07, 6.45) is 13.2. The second-order valence-electron chi connectivity index (χ2n) is 5.72. The molecular weight excluding hydrogens is 280 g/mol. The number of esters is 1. The zero-order chi connectivity index (χ0) is 16.6. The fourth-order valence-electron chi connectivity index (χ4n) is 2.36. The summed E-state index contributed by atoms with van der Waals surface area (Å²) < 4.78 is 9.97. The smallest absolute Gasteiger partial charge is 0.305 e. The largest absolute Gasteiger partial charge is 0.469 e. The van der Waals surface area contributed by atoms with E-state index < -0.39 is 0 Å². The number of allylic oxidation sites excluding steroid dienone is 1. The maximum atomic E-state index is 10.9. The molecule has 0 saturated heterocycles. The van der Waals surface area contributed by atoms with Crippen molar-refractivity contribution in [2.24, 2.45) is 0 Å². The van der Waals surface area contributed by atoms with Gasteiger partial charge in [0, 0.05) is 13.5 Å². The molecular formula is C18H34O4. The molecule has 22 heavy (non-hydrogen) atoms. The van der Waals surface area contributed by atoms with Crippen molar-refractivity contribution in [3.8, 4) is 0 Å². The molecule has 4 nitrogen and oxygen atoms in total. The molecule has 4 heteroatoms. The Morgan fingerprint density at radius 3 is 2.50 bits per heavy atom. The van der Waals surface area contributed by atoms with E-state index in [2.05, 4.69) is 23.8 Å². The standard InChI is InChI=1S/C18H34O4/c1-4-5-10-13-16(19)17(21-2)14-11-8-6-7-9-12-15-18(20)22-3/h8,11,16-17,19H,4-7,9-10,12-15H2,1-3H3/b11-8-. The van der Waals surface area contributed by atoms with Crippen LogP contribution in [0.1, 0.15) is 71.1 Å². The van der Waals surface area contributed by atoms with Crippen LogP contribution in [0.5, 0.6) is 0 Å². The van der Waals surface area contributed by atoms with Gasteiger partial charge < -0.3 is 14.6 Å². The summed E-state index contributed by atoms with van der Waals surface area (Å²) in [6, 6.07) is 0. The third-order valence-electron chi connectivity index (χ3n) is 3.85. The topological polar surface area (TPSA) is 55.8 Å². The third-order valence-corrected chi connectivity index (χ3v) is 3.85. The molecule has 1 N–H and O–H groups in total. The highest BCUT2D eigenvalue weighted by Gasteiger charge is 2.16. The summed E-state index contributed by atoms with van der Waals surface area (Å²) in [4.78, 5) is 10.9. The van der Waals surface area contributed by atoms with Crippen LogP contribution in [0.25, 0.3) is 0 Å². The second kappa shape index (κ2) is 15.0. The molecule has 0 radical (unpaired) electrons. The van der Waals surface area contributed by atoms with Crippen LogP contribution < -0.4 is 0 Å². The molecule has 0 aromatic carbocycles. The van der Waals surface area contributed by atoms with Crippen molar-refractivity contribution < 1.29 is 19.4 Å². The molecule has 0 rings (SSSR count). The third kappa shape index (κ3) is 11.8. The minimum Gasteiger partial charge on any atom is -0.469 e. The second-order valence-corrected chi connectivity index (χ2v) is 5.72. The van der Waals surface area contributed by atoms with Gasteiger partial charge in [0.2, 0.25) is 0 Å². The minimum atomic E-state index is -0.374. The molecule has 0 bridgehead atoms. The van der Waals surface area contributed by atoms with Crippen molar-refractivity contribution in [2.75, 3.05) is 14.2 Å². The first-order valence-corrected chi connectivity index (χ1v) is 8.58. The average Bonchev–Trinajstić information content (AvgIpc) is 2.53. The van der Waals surface area contributed by atoms with Crippen LogP contribution in [0.3, 0.4) is 0 Å². The predicted octanol–water partition coefficient (Wildman–Crippen LogP) is 4.01. The van der Waals surface area contributed by atoms with Crippen molar-refractivity contribution >= 4 is 5.97 Å². The summed E-state index contributed by atoms with van der Waals surface area (Å²) in [5.41, 5.74) is 0. The minimum absolute atomic E-state index is 0.104. The van der Waals surface area contributed by atoms with Crippen molar-refractivity contribution in [3.63, 3.8) is 0 Å². The number of hydrogen-bond acceptors (Lipinski definition) is 4. The lowest BCUT2D eigenvalue weighted by Crippen LogP contribution is -2.27. The van der Waals surface area contributed by atoms with E-state index in [4.69, 9.17) is 4.74 Å². The first kappa shape index (κ1) is 21.1. The van der Waals surface area contributed by atoms with Crippen LogP contribution in [0, 0.1) is 0 Å². The number of carbonyl (C=O) groups excluding carboxylic acids is 1. The Labute approximate surface area is 135 Å². The van der Waals surface area contributed by atoms with Gasteiger partial charge in [0.15, 0.2) is 0 Å². The van der Waals surface area contributed by atoms with Crippen molar-refractivity contribution in [2.45, 2.75) is 83.3 Å². The molecule has 0 aromatic rings. The Kier molecular flexibility index (Phi) is 14.4. The summed E-state index contributed by atoms with van der Waals surface area (Å²) in [5.74, 6) is -0.129. The zero-order valence-corrected chi connectivity index (χ0v) is 14.6. The molecule has 0 spiro atoms. The van der Waals surface area contributed by atoms with Crippen molar-refractivity contribution in [1.82, 2.24) is 0 Å². The van der Waals surface area contributed by atoms with Crippen LogP contribution in [0.15, 0.2) is 12.2 Å². The number of ether oxygens (including phenoxy) is 2. The van der Waals surface area contributed by atoms with Crippen molar-refractivity contribution in [3.05, 3.63) is 12.2 Å². The van der Waals surface area contributed by atoms with Crippen LogP contribution >= 0.6 is 0 Å². The van der Waals surface area contributed by atoms with E-state index in [0.29, 0.717) is 6.42 Å². The normalized spacial score (nSPS) is 14.2. The highest BCUT2D eigenvalue weighted by Crippen LogP contribution is 2.13. The maximum absolute atomic E-state index is 10.9. The molecule has 0 aliphatic rings. The quantitative estimate of drug-likeness (QED) is 0.299.